The van der Waals surface area contributed by atoms with E-state index < -0.39 is 6.04 Å². The second-order valence-corrected chi connectivity index (χ2v) is 9.11. The zero-order valence-electron chi connectivity index (χ0n) is 18.2. The molecule has 0 aromatic heterocycles. The molecular weight excluding hydrogens is 431 g/mol. The van der Waals surface area contributed by atoms with E-state index in [-0.39, 0.29) is 24.3 Å². The van der Waals surface area contributed by atoms with Gasteiger partial charge in [-0.05, 0) is 49.4 Å². The molecule has 2 aromatic carbocycles. The van der Waals surface area contributed by atoms with Gasteiger partial charge in [0.1, 0.15) is 6.04 Å². The van der Waals surface area contributed by atoms with Crippen molar-refractivity contribution in [2.45, 2.75) is 71.0 Å². The van der Waals surface area contributed by atoms with Gasteiger partial charge in [-0.1, -0.05) is 78.9 Å². The molecule has 0 radical (unpaired) electrons. The summed E-state index contributed by atoms with van der Waals surface area (Å²) in [6, 6.07) is 12.9. The van der Waals surface area contributed by atoms with Crippen molar-refractivity contribution in [2.24, 2.45) is 0 Å². The van der Waals surface area contributed by atoms with E-state index in [0.29, 0.717) is 28.6 Å². The van der Waals surface area contributed by atoms with Gasteiger partial charge in [0.2, 0.25) is 11.8 Å². The predicted molar refractivity (Wildman–Crippen MR) is 126 cm³/mol. The first kappa shape index (κ1) is 23.6. The van der Waals surface area contributed by atoms with Gasteiger partial charge in [0, 0.05) is 22.6 Å². The summed E-state index contributed by atoms with van der Waals surface area (Å²) in [5.41, 5.74) is 2.72. The van der Waals surface area contributed by atoms with Gasteiger partial charge in [0.15, 0.2) is 0 Å². The molecule has 31 heavy (non-hydrogen) atoms. The first-order chi connectivity index (χ1) is 14.9. The molecule has 0 aliphatic heterocycles. The molecule has 2 amide bonds. The summed E-state index contributed by atoms with van der Waals surface area (Å²) >= 11 is 12.6. The molecule has 1 atom stereocenters. The van der Waals surface area contributed by atoms with Crippen molar-refractivity contribution in [3.63, 3.8) is 0 Å². The highest BCUT2D eigenvalue weighted by Crippen LogP contribution is 2.26. The van der Waals surface area contributed by atoms with Crippen LogP contribution in [0.3, 0.4) is 0 Å². The van der Waals surface area contributed by atoms with E-state index in [1.807, 2.05) is 38.1 Å². The second-order valence-electron chi connectivity index (χ2n) is 8.30. The summed E-state index contributed by atoms with van der Waals surface area (Å²) < 4.78 is 0. The molecule has 166 valence electrons. The van der Waals surface area contributed by atoms with Crippen LogP contribution in [0.4, 0.5) is 0 Å². The summed E-state index contributed by atoms with van der Waals surface area (Å²) in [5, 5.41) is 4.08. The topological polar surface area (TPSA) is 49.4 Å². The van der Waals surface area contributed by atoms with Gasteiger partial charge in [0.05, 0.1) is 6.42 Å². The average molecular weight is 461 g/mol. The van der Waals surface area contributed by atoms with Gasteiger partial charge in [-0.3, -0.25) is 9.59 Å². The minimum absolute atomic E-state index is 0.0532. The fourth-order valence-corrected chi connectivity index (χ4v) is 4.66. The number of nitrogens with one attached hydrogen (secondary N) is 1. The van der Waals surface area contributed by atoms with E-state index in [1.165, 1.54) is 0 Å². The van der Waals surface area contributed by atoms with Crippen molar-refractivity contribution in [1.82, 2.24) is 10.2 Å². The molecule has 0 bridgehead atoms. The molecule has 3 rings (SSSR count). The lowest BCUT2D eigenvalue weighted by Gasteiger charge is -2.32. The van der Waals surface area contributed by atoms with Crippen LogP contribution in [0.15, 0.2) is 42.5 Å². The van der Waals surface area contributed by atoms with Crippen LogP contribution in [0.25, 0.3) is 0 Å². The number of carbonyl (C=O) groups excluding carboxylic acids is 2. The van der Waals surface area contributed by atoms with E-state index >= 15 is 0 Å². The second kappa shape index (κ2) is 11.0. The molecule has 1 saturated carbocycles. The van der Waals surface area contributed by atoms with Crippen LogP contribution in [-0.2, 0) is 22.6 Å². The van der Waals surface area contributed by atoms with E-state index in [2.05, 4.69) is 5.32 Å². The van der Waals surface area contributed by atoms with Crippen molar-refractivity contribution < 1.29 is 9.59 Å². The number of rotatable bonds is 8. The normalized spacial score (nSPS) is 15.0. The number of hydrogen-bond acceptors (Lipinski definition) is 2. The van der Waals surface area contributed by atoms with Crippen LogP contribution in [0.1, 0.15) is 55.7 Å². The molecule has 0 spiro atoms. The number of hydrogen-bond donors (Lipinski definition) is 1. The largest absolute Gasteiger partial charge is 0.352 e. The Morgan fingerprint density at radius 2 is 1.68 bits per heavy atom. The molecule has 6 heteroatoms. The third kappa shape index (κ3) is 6.24. The Labute approximate surface area is 194 Å². The van der Waals surface area contributed by atoms with E-state index in [0.717, 1.165) is 36.8 Å². The summed E-state index contributed by atoms with van der Waals surface area (Å²) in [6.07, 6.45) is 4.87. The first-order valence-electron chi connectivity index (χ1n) is 11.0. The lowest BCUT2D eigenvalue weighted by molar-refractivity contribution is -0.141. The molecule has 1 N–H and O–H groups in total. The third-order valence-electron chi connectivity index (χ3n) is 5.95. The molecule has 1 aliphatic rings. The quantitative estimate of drug-likeness (QED) is 0.548. The lowest BCUT2D eigenvalue weighted by atomic mass is 10.1. The fraction of sp³-hybridized carbons (Fsp3) is 0.440. The van der Waals surface area contributed by atoms with Crippen molar-refractivity contribution >= 4 is 35.0 Å². The summed E-state index contributed by atoms with van der Waals surface area (Å²) in [6.45, 7) is 4.32. The molecule has 0 heterocycles. The number of halogens is 2. The molecular formula is C25H30Cl2N2O2. The Kier molecular flexibility index (Phi) is 8.39. The van der Waals surface area contributed by atoms with Crippen LogP contribution in [0.5, 0.6) is 0 Å². The fourth-order valence-electron chi connectivity index (χ4n) is 4.13. The summed E-state index contributed by atoms with van der Waals surface area (Å²) in [5.74, 6) is -0.246. The molecule has 1 aliphatic carbocycles. The number of aryl methyl sites for hydroxylation is 1. The Morgan fingerprint density at radius 1 is 1.06 bits per heavy atom. The first-order valence-corrected chi connectivity index (χ1v) is 11.7. The zero-order valence-corrected chi connectivity index (χ0v) is 19.7. The maximum atomic E-state index is 13.5. The van der Waals surface area contributed by atoms with Crippen LogP contribution >= 0.6 is 23.2 Å². The molecule has 1 fully saturated rings. The van der Waals surface area contributed by atoms with Gasteiger partial charge >= 0.3 is 0 Å². The van der Waals surface area contributed by atoms with Gasteiger partial charge in [-0.15, -0.1) is 0 Å². The van der Waals surface area contributed by atoms with Gasteiger partial charge < -0.3 is 10.2 Å². The van der Waals surface area contributed by atoms with Gasteiger partial charge in [-0.25, -0.2) is 0 Å². The van der Waals surface area contributed by atoms with E-state index in [9.17, 15) is 9.59 Å². The number of nitrogens with zero attached hydrogens (tertiary/aromatic N) is 1. The zero-order chi connectivity index (χ0) is 22.4. The minimum atomic E-state index is -0.546. The maximum Gasteiger partial charge on any atom is 0.243 e. The Hall–Kier alpha value is -2.04. The van der Waals surface area contributed by atoms with E-state index in [1.54, 1.807) is 23.1 Å². The molecule has 1 unspecified atom stereocenters. The lowest BCUT2D eigenvalue weighted by Crippen LogP contribution is -2.51. The summed E-state index contributed by atoms with van der Waals surface area (Å²) in [7, 11) is 0. The van der Waals surface area contributed by atoms with Crippen molar-refractivity contribution in [1.29, 1.82) is 0 Å². The number of benzene rings is 2. The van der Waals surface area contributed by atoms with Crippen molar-refractivity contribution in [3.05, 3.63) is 69.2 Å². The number of amides is 2. The highest BCUT2D eigenvalue weighted by molar-refractivity contribution is 6.36. The Bertz CT molecular complexity index is 888. The SMILES string of the molecule is CCC(C(=O)NC1CCCC1)N(Cc1ccc(C)cc1)C(=O)Cc1c(Cl)cccc1Cl. The van der Waals surface area contributed by atoms with Crippen molar-refractivity contribution in [2.75, 3.05) is 0 Å². The van der Waals surface area contributed by atoms with Gasteiger partial charge in [-0.2, -0.15) is 0 Å². The number of carbonyl (C=O) groups is 2. The molecule has 0 saturated heterocycles. The average Bonchev–Trinajstić information content (AvgIpc) is 3.25. The molecule has 2 aromatic rings. The monoisotopic (exact) mass is 460 g/mol. The maximum absolute atomic E-state index is 13.5. The van der Waals surface area contributed by atoms with Crippen LogP contribution in [0.2, 0.25) is 10.0 Å². The van der Waals surface area contributed by atoms with Crippen LogP contribution in [0, 0.1) is 6.92 Å². The van der Waals surface area contributed by atoms with Crippen molar-refractivity contribution in [3.8, 4) is 0 Å². The smallest absolute Gasteiger partial charge is 0.243 e. The van der Waals surface area contributed by atoms with E-state index in [4.69, 9.17) is 23.2 Å². The highest BCUT2D eigenvalue weighted by atomic mass is 35.5. The summed E-state index contributed by atoms with van der Waals surface area (Å²) in [4.78, 5) is 28.3. The highest BCUT2D eigenvalue weighted by Gasteiger charge is 2.31. The third-order valence-corrected chi connectivity index (χ3v) is 6.66. The van der Waals surface area contributed by atoms with Crippen LogP contribution in [-0.4, -0.2) is 28.8 Å². The van der Waals surface area contributed by atoms with Gasteiger partial charge in [0.25, 0.3) is 0 Å². The Morgan fingerprint density at radius 3 is 2.26 bits per heavy atom. The standard InChI is InChI=1S/C25H30Cl2N2O2/c1-3-23(25(31)28-19-7-4-5-8-19)29(16-18-13-11-17(2)12-14-18)24(30)15-20-21(26)9-6-10-22(20)27/h6,9-14,19,23H,3-5,7-8,15-16H2,1-2H3,(H,28,31). The molecule has 4 nitrogen and oxygen atoms in total. The Balaban J connectivity index is 1.85. The minimum Gasteiger partial charge on any atom is -0.352 e. The predicted octanol–water partition coefficient (Wildman–Crippen LogP) is 5.71. The van der Waals surface area contributed by atoms with Crippen LogP contribution < -0.4 is 5.32 Å².